The van der Waals surface area contributed by atoms with E-state index in [1.807, 2.05) is 6.07 Å². The summed E-state index contributed by atoms with van der Waals surface area (Å²) in [7, 11) is -3.91. The number of pyridine rings is 1. The number of sulfonamides is 1. The van der Waals surface area contributed by atoms with E-state index in [0.29, 0.717) is 16.9 Å². The van der Waals surface area contributed by atoms with Crippen LogP contribution >= 0.6 is 11.6 Å². The number of hydrogen-bond acceptors (Lipinski definition) is 4. The third-order valence-electron chi connectivity index (χ3n) is 5.12. The highest BCUT2D eigenvalue weighted by molar-refractivity contribution is 7.92. The molecule has 0 unspecified atom stereocenters. The van der Waals surface area contributed by atoms with Gasteiger partial charge in [-0.05, 0) is 78.3 Å². The van der Waals surface area contributed by atoms with Crippen LogP contribution in [0.4, 0.5) is 5.82 Å². The number of halogens is 1. The molecule has 0 aliphatic heterocycles. The maximum Gasteiger partial charge on any atom is 0.263 e. The number of carbonyl (C=O) groups excluding carboxylic acids is 1. The molecule has 0 atom stereocenters. The minimum atomic E-state index is -3.91. The topological polar surface area (TPSA) is 76.1 Å². The van der Waals surface area contributed by atoms with Gasteiger partial charge in [0.15, 0.2) is 12.1 Å². The van der Waals surface area contributed by atoms with Crippen LogP contribution in [0, 0.1) is 0 Å². The second kappa shape index (κ2) is 7.97. The summed E-state index contributed by atoms with van der Waals surface area (Å²) >= 11 is 5.83. The fourth-order valence-electron chi connectivity index (χ4n) is 3.63. The Morgan fingerprint density at radius 2 is 1.69 bits per heavy atom. The summed E-state index contributed by atoms with van der Waals surface area (Å²) in [6.07, 6.45) is 6.57. The molecule has 3 aromatic rings. The van der Waals surface area contributed by atoms with Crippen LogP contribution in [-0.4, -0.2) is 19.7 Å². The number of nitrogens with zero attached hydrogens (tertiary/aromatic N) is 1. The normalized spacial score (nSPS) is 13.6. The van der Waals surface area contributed by atoms with E-state index in [4.69, 9.17) is 11.6 Å². The first-order valence-electron chi connectivity index (χ1n) is 9.33. The van der Waals surface area contributed by atoms with Crippen molar-refractivity contribution in [3.8, 4) is 11.1 Å². The van der Waals surface area contributed by atoms with Gasteiger partial charge in [-0.15, -0.1) is 0 Å². The molecule has 0 fully saturated rings. The van der Waals surface area contributed by atoms with Gasteiger partial charge in [-0.2, -0.15) is 0 Å². The molecular weight excluding hydrogens is 408 g/mol. The van der Waals surface area contributed by atoms with Gasteiger partial charge in [0.1, 0.15) is 0 Å². The summed E-state index contributed by atoms with van der Waals surface area (Å²) in [5, 5.41) is 0.435. The van der Waals surface area contributed by atoms with Gasteiger partial charge in [-0.3, -0.25) is 9.52 Å². The van der Waals surface area contributed by atoms with Gasteiger partial charge in [0, 0.05) is 11.2 Å². The second-order valence-electron chi connectivity index (χ2n) is 6.99. The van der Waals surface area contributed by atoms with Crippen molar-refractivity contribution in [3.05, 3.63) is 76.4 Å². The Morgan fingerprint density at radius 1 is 0.966 bits per heavy atom. The lowest BCUT2D eigenvalue weighted by Crippen LogP contribution is -2.15. The third kappa shape index (κ3) is 4.04. The predicted molar refractivity (Wildman–Crippen MR) is 114 cm³/mol. The van der Waals surface area contributed by atoms with Crippen molar-refractivity contribution >= 4 is 33.7 Å². The Labute approximate surface area is 174 Å². The van der Waals surface area contributed by atoms with Crippen molar-refractivity contribution in [2.45, 2.75) is 30.6 Å². The Morgan fingerprint density at radius 3 is 2.41 bits per heavy atom. The van der Waals surface area contributed by atoms with Crippen LogP contribution in [0.1, 0.15) is 34.3 Å². The molecule has 0 saturated heterocycles. The number of aromatic nitrogens is 1. The van der Waals surface area contributed by atoms with Crippen LogP contribution in [0.25, 0.3) is 11.1 Å². The van der Waals surface area contributed by atoms with Crippen molar-refractivity contribution in [2.75, 3.05) is 4.72 Å². The predicted octanol–water partition coefficient (Wildman–Crippen LogP) is 4.89. The summed E-state index contributed by atoms with van der Waals surface area (Å²) in [6, 6.07) is 13.7. The minimum absolute atomic E-state index is 0.00479. The fraction of sp³-hybridized carbons (Fsp3) is 0.182. The third-order valence-corrected chi connectivity index (χ3v) is 6.73. The van der Waals surface area contributed by atoms with Gasteiger partial charge in [-0.1, -0.05) is 29.8 Å². The molecule has 148 valence electrons. The highest BCUT2D eigenvalue weighted by atomic mass is 35.5. The number of fused-ring (bicyclic) bond motifs is 1. The Bertz CT molecular complexity index is 1180. The molecule has 0 saturated carbocycles. The van der Waals surface area contributed by atoms with Gasteiger partial charge in [0.25, 0.3) is 10.0 Å². The van der Waals surface area contributed by atoms with Crippen LogP contribution in [0.5, 0.6) is 0 Å². The summed E-state index contributed by atoms with van der Waals surface area (Å²) in [5.74, 6) is 0.00479. The number of benzene rings is 2. The van der Waals surface area contributed by atoms with Crippen molar-refractivity contribution < 1.29 is 13.2 Å². The van der Waals surface area contributed by atoms with E-state index in [-0.39, 0.29) is 16.3 Å². The first kappa shape index (κ1) is 19.6. The molecule has 0 bridgehead atoms. The second-order valence-corrected chi connectivity index (χ2v) is 9.11. The molecule has 0 amide bonds. The number of aryl methyl sites for hydroxylation is 2. The fourth-order valence-corrected chi connectivity index (χ4v) is 4.78. The van der Waals surface area contributed by atoms with Crippen LogP contribution < -0.4 is 4.72 Å². The zero-order valence-electron chi connectivity index (χ0n) is 15.6. The largest absolute Gasteiger partial charge is 0.298 e. The average Bonchev–Trinajstić information content (AvgIpc) is 2.73. The quantitative estimate of drug-likeness (QED) is 0.589. The molecule has 1 heterocycles. The number of nitrogens with one attached hydrogen (secondary N) is 1. The molecule has 4 rings (SSSR count). The average molecular weight is 427 g/mol. The van der Waals surface area contributed by atoms with Crippen LogP contribution in [0.15, 0.2) is 59.6 Å². The summed E-state index contributed by atoms with van der Waals surface area (Å²) in [4.78, 5) is 16.0. The number of aldehydes is 1. The van der Waals surface area contributed by atoms with Crippen LogP contribution in [0.3, 0.4) is 0 Å². The van der Waals surface area contributed by atoms with Gasteiger partial charge in [0.05, 0.1) is 10.5 Å². The van der Waals surface area contributed by atoms with E-state index in [0.717, 1.165) is 24.8 Å². The molecule has 7 heteroatoms. The standard InChI is InChI=1S/C22H19ClN2O3S/c23-18-7-9-19(10-8-18)29(27,28)25-22-21(14-26)20(11-12-24-22)17-6-5-15-3-1-2-4-16(15)13-17/h5-14H,1-4H2,(H,24,25). The SMILES string of the molecule is O=Cc1c(-c2ccc3c(c2)CCCC3)ccnc1NS(=O)(=O)c1ccc(Cl)cc1. The molecule has 5 nitrogen and oxygen atoms in total. The Hall–Kier alpha value is -2.70. The smallest absolute Gasteiger partial charge is 0.263 e. The first-order chi connectivity index (χ1) is 14.0. The van der Waals surface area contributed by atoms with E-state index in [2.05, 4.69) is 21.8 Å². The molecule has 1 aliphatic carbocycles. The van der Waals surface area contributed by atoms with E-state index in [1.54, 1.807) is 6.07 Å². The molecule has 0 radical (unpaired) electrons. The zero-order chi connectivity index (χ0) is 20.4. The van der Waals surface area contributed by atoms with Crippen LogP contribution in [-0.2, 0) is 22.9 Å². The lowest BCUT2D eigenvalue weighted by atomic mass is 9.88. The van der Waals surface area contributed by atoms with E-state index >= 15 is 0 Å². The highest BCUT2D eigenvalue weighted by Crippen LogP contribution is 2.31. The Balaban J connectivity index is 1.73. The van der Waals surface area contributed by atoms with E-state index < -0.39 is 10.0 Å². The van der Waals surface area contributed by atoms with Crippen molar-refractivity contribution in [2.24, 2.45) is 0 Å². The van der Waals surface area contributed by atoms with Crippen molar-refractivity contribution in [1.82, 2.24) is 4.98 Å². The van der Waals surface area contributed by atoms with Crippen molar-refractivity contribution in [3.63, 3.8) is 0 Å². The number of anilines is 1. The maximum absolute atomic E-state index is 12.7. The summed E-state index contributed by atoms with van der Waals surface area (Å²) in [5.41, 5.74) is 4.36. The monoisotopic (exact) mass is 426 g/mol. The van der Waals surface area contributed by atoms with Gasteiger partial charge in [-0.25, -0.2) is 13.4 Å². The molecule has 1 N–H and O–H groups in total. The Kier molecular flexibility index (Phi) is 5.39. The zero-order valence-corrected chi connectivity index (χ0v) is 17.1. The van der Waals surface area contributed by atoms with E-state index in [9.17, 15) is 13.2 Å². The van der Waals surface area contributed by atoms with Crippen LogP contribution in [0.2, 0.25) is 5.02 Å². The molecule has 2 aromatic carbocycles. The maximum atomic E-state index is 12.7. The van der Waals surface area contributed by atoms with Crippen molar-refractivity contribution in [1.29, 1.82) is 0 Å². The van der Waals surface area contributed by atoms with Gasteiger partial charge >= 0.3 is 0 Å². The highest BCUT2D eigenvalue weighted by Gasteiger charge is 2.20. The number of rotatable bonds is 5. The number of carbonyl (C=O) groups is 1. The minimum Gasteiger partial charge on any atom is -0.298 e. The molecule has 29 heavy (non-hydrogen) atoms. The van der Waals surface area contributed by atoms with Gasteiger partial charge < -0.3 is 0 Å². The molecule has 1 aromatic heterocycles. The summed E-state index contributed by atoms with van der Waals surface area (Å²) < 4.78 is 27.9. The summed E-state index contributed by atoms with van der Waals surface area (Å²) in [6.45, 7) is 0. The number of hydrogen-bond donors (Lipinski definition) is 1. The van der Waals surface area contributed by atoms with Gasteiger partial charge in [0.2, 0.25) is 0 Å². The molecule has 1 aliphatic rings. The lowest BCUT2D eigenvalue weighted by Gasteiger charge is -2.18. The lowest BCUT2D eigenvalue weighted by molar-refractivity contribution is 0.112. The molecular formula is C22H19ClN2O3S. The first-order valence-corrected chi connectivity index (χ1v) is 11.2. The van der Waals surface area contributed by atoms with E-state index in [1.165, 1.54) is 48.0 Å². The molecule has 0 spiro atoms.